The molecule has 0 bridgehead atoms. The van der Waals surface area contributed by atoms with Crippen LogP contribution in [-0.2, 0) is 0 Å². The van der Waals surface area contributed by atoms with Gasteiger partial charge in [0.2, 0.25) is 0 Å². The second-order valence-electron chi connectivity index (χ2n) is 4.18. The Bertz CT molecular complexity index is 797. The molecule has 19 heavy (non-hydrogen) atoms. The van der Waals surface area contributed by atoms with Crippen molar-refractivity contribution in [3.05, 3.63) is 53.8 Å². The molecule has 4 heteroatoms. The number of hydrogen-bond donors (Lipinski definition) is 1. The minimum atomic E-state index is -0.331. The molecule has 92 valence electrons. The lowest BCUT2D eigenvalue weighted by Crippen LogP contribution is -1.82. The van der Waals surface area contributed by atoms with E-state index in [9.17, 15) is 9.65 Å². The van der Waals surface area contributed by atoms with Gasteiger partial charge in [-0.3, -0.25) is 0 Å². The van der Waals surface area contributed by atoms with Gasteiger partial charge in [-0.2, -0.15) is 5.26 Å². The van der Waals surface area contributed by atoms with Crippen LogP contribution in [-0.4, -0.2) is 0 Å². The monoisotopic (exact) mass is 252 g/mol. The third-order valence-electron chi connectivity index (χ3n) is 2.93. The lowest BCUT2D eigenvalue weighted by atomic mass is 10.1. The van der Waals surface area contributed by atoms with Crippen LogP contribution in [0.2, 0.25) is 0 Å². The fourth-order valence-electron chi connectivity index (χ4n) is 2.03. The number of nitrogen functional groups attached to an aromatic ring is 1. The van der Waals surface area contributed by atoms with Gasteiger partial charge in [-0.1, -0.05) is 0 Å². The highest BCUT2D eigenvalue weighted by Gasteiger charge is 2.15. The van der Waals surface area contributed by atoms with Gasteiger partial charge in [0.05, 0.1) is 0 Å². The molecule has 0 saturated carbocycles. The molecule has 0 atom stereocenters. The first-order chi connectivity index (χ1) is 9.19. The van der Waals surface area contributed by atoms with Crippen LogP contribution >= 0.6 is 0 Å². The molecular weight excluding hydrogens is 243 g/mol. The van der Waals surface area contributed by atoms with Crippen molar-refractivity contribution in [2.24, 2.45) is 0 Å². The molecule has 0 fully saturated rings. The molecular formula is C15H9FN2O. The Labute approximate surface area is 108 Å². The van der Waals surface area contributed by atoms with E-state index in [2.05, 4.69) is 6.07 Å². The van der Waals surface area contributed by atoms with Crippen LogP contribution < -0.4 is 5.73 Å². The maximum atomic E-state index is 12.9. The molecule has 0 saturated heterocycles. The van der Waals surface area contributed by atoms with E-state index in [0.717, 1.165) is 0 Å². The summed E-state index contributed by atoms with van der Waals surface area (Å²) in [5.41, 5.74) is 7.90. The first-order valence-corrected chi connectivity index (χ1v) is 5.67. The van der Waals surface area contributed by atoms with Crippen LogP contribution in [0.5, 0.6) is 0 Å². The minimum absolute atomic E-state index is 0.331. The fourth-order valence-corrected chi connectivity index (χ4v) is 2.03. The van der Waals surface area contributed by atoms with Gasteiger partial charge >= 0.3 is 0 Å². The summed E-state index contributed by atoms with van der Waals surface area (Å²) in [5, 5.41) is 9.98. The summed E-state index contributed by atoms with van der Waals surface area (Å²) in [5.74, 6) is 0.103. The molecule has 3 aromatic rings. The second kappa shape index (κ2) is 4.14. The number of fused-ring (bicyclic) bond motifs is 1. The van der Waals surface area contributed by atoms with E-state index in [1.807, 2.05) is 0 Å². The molecule has 3 rings (SSSR count). The first-order valence-electron chi connectivity index (χ1n) is 5.67. The SMILES string of the molecule is N#Cc1c(-c2ccc(F)cc2)oc2cc(N)ccc12. The third-order valence-corrected chi connectivity index (χ3v) is 2.93. The molecule has 1 aromatic heterocycles. The van der Waals surface area contributed by atoms with Crippen LogP contribution in [0.4, 0.5) is 10.1 Å². The van der Waals surface area contributed by atoms with Crippen molar-refractivity contribution in [3.63, 3.8) is 0 Å². The van der Waals surface area contributed by atoms with E-state index in [1.165, 1.54) is 12.1 Å². The summed E-state index contributed by atoms with van der Waals surface area (Å²) in [7, 11) is 0. The summed E-state index contributed by atoms with van der Waals surface area (Å²) < 4.78 is 18.6. The number of nitriles is 1. The van der Waals surface area contributed by atoms with Crippen molar-refractivity contribution >= 4 is 16.7 Å². The van der Waals surface area contributed by atoms with Crippen molar-refractivity contribution in [1.82, 2.24) is 0 Å². The number of nitrogens with two attached hydrogens (primary N) is 1. The molecule has 0 aliphatic rings. The van der Waals surface area contributed by atoms with E-state index in [1.54, 1.807) is 30.3 Å². The lowest BCUT2D eigenvalue weighted by Gasteiger charge is -1.96. The van der Waals surface area contributed by atoms with Gasteiger partial charge in [0, 0.05) is 22.7 Å². The first kappa shape index (κ1) is 11.3. The number of halogens is 1. The molecule has 1 heterocycles. The smallest absolute Gasteiger partial charge is 0.153 e. The van der Waals surface area contributed by atoms with Gasteiger partial charge in [-0.25, -0.2) is 4.39 Å². The second-order valence-corrected chi connectivity index (χ2v) is 4.18. The van der Waals surface area contributed by atoms with Crippen LogP contribution in [0, 0.1) is 17.1 Å². The van der Waals surface area contributed by atoms with Crippen LogP contribution in [0.3, 0.4) is 0 Å². The Morgan fingerprint density at radius 3 is 2.53 bits per heavy atom. The molecule has 2 N–H and O–H groups in total. The van der Waals surface area contributed by atoms with Crippen molar-refractivity contribution in [2.45, 2.75) is 0 Å². The van der Waals surface area contributed by atoms with Crippen LogP contribution in [0.1, 0.15) is 5.56 Å². The van der Waals surface area contributed by atoms with Crippen LogP contribution in [0.25, 0.3) is 22.3 Å². The molecule has 0 spiro atoms. The maximum absolute atomic E-state index is 12.9. The Morgan fingerprint density at radius 2 is 1.84 bits per heavy atom. The molecule has 3 nitrogen and oxygen atoms in total. The molecule has 0 unspecified atom stereocenters. The van der Waals surface area contributed by atoms with E-state index in [-0.39, 0.29) is 5.82 Å². The van der Waals surface area contributed by atoms with Crippen molar-refractivity contribution in [1.29, 1.82) is 5.26 Å². The Hall–Kier alpha value is -2.80. The molecule has 2 aromatic carbocycles. The van der Waals surface area contributed by atoms with Gasteiger partial charge in [0.15, 0.2) is 5.76 Å². The van der Waals surface area contributed by atoms with Gasteiger partial charge in [-0.05, 0) is 36.4 Å². The maximum Gasteiger partial charge on any atom is 0.153 e. The highest BCUT2D eigenvalue weighted by atomic mass is 19.1. The van der Waals surface area contributed by atoms with E-state index >= 15 is 0 Å². The number of furan rings is 1. The van der Waals surface area contributed by atoms with E-state index in [4.69, 9.17) is 10.2 Å². The number of anilines is 1. The Balaban J connectivity index is 2.29. The van der Waals surface area contributed by atoms with Gasteiger partial charge in [0.25, 0.3) is 0 Å². The third kappa shape index (κ3) is 1.81. The van der Waals surface area contributed by atoms with Crippen molar-refractivity contribution in [2.75, 3.05) is 5.73 Å². The highest BCUT2D eigenvalue weighted by molar-refractivity contribution is 5.92. The molecule has 0 aliphatic carbocycles. The van der Waals surface area contributed by atoms with Crippen molar-refractivity contribution in [3.8, 4) is 17.4 Å². The zero-order chi connectivity index (χ0) is 13.4. The summed E-state index contributed by atoms with van der Waals surface area (Å²) in [6.45, 7) is 0. The minimum Gasteiger partial charge on any atom is -0.455 e. The van der Waals surface area contributed by atoms with Crippen LogP contribution in [0.15, 0.2) is 46.9 Å². The van der Waals surface area contributed by atoms with E-state index in [0.29, 0.717) is 33.5 Å². The number of benzene rings is 2. The normalized spacial score (nSPS) is 10.5. The molecule has 0 aliphatic heterocycles. The topological polar surface area (TPSA) is 63.0 Å². The average Bonchev–Trinajstić information content (AvgIpc) is 2.77. The largest absolute Gasteiger partial charge is 0.455 e. The Morgan fingerprint density at radius 1 is 1.11 bits per heavy atom. The van der Waals surface area contributed by atoms with Gasteiger partial charge in [0.1, 0.15) is 23.0 Å². The standard InChI is InChI=1S/C15H9FN2O/c16-10-3-1-9(2-4-10)15-13(8-17)12-6-5-11(18)7-14(12)19-15/h1-7H,18H2. The summed E-state index contributed by atoms with van der Waals surface area (Å²) >= 11 is 0. The predicted molar refractivity (Wildman–Crippen MR) is 70.7 cm³/mol. The quantitative estimate of drug-likeness (QED) is 0.672. The zero-order valence-corrected chi connectivity index (χ0v) is 9.85. The van der Waals surface area contributed by atoms with E-state index < -0.39 is 0 Å². The van der Waals surface area contributed by atoms with Gasteiger partial charge in [-0.15, -0.1) is 0 Å². The predicted octanol–water partition coefficient (Wildman–Crippen LogP) is 3.69. The number of rotatable bonds is 1. The summed E-state index contributed by atoms with van der Waals surface area (Å²) in [6.07, 6.45) is 0. The fraction of sp³-hybridized carbons (Fsp3) is 0. The molecule has 0 amide bonds. The summed E-state index contributed by atoms with van der Waals surface area (Å²) in [6, 6.07) is 13.1. The number of nitrogens with zero attached hydrogens (tertiary/aromatic N) is 1. The number of hydrogen-bond acceptors (Lipinski definition) is 3. The summed E-state index contributed by atoms with van der Waals surface area (Å²) in [4.78, 5) is 0. The average molecular weight is 252 g/mol. The highest BCUT2D eigenvalue weighted by Crippen LogP contribution is 2.33. The van der Waals surface area contributed by atoms with Gasteiger partial charge < -0.3 is 10.2 Å². The Kier molecular flexibility index (Phi) is 2.46. The molecule has 0 radical (unpaired) electrons. The lowest BCUT2D eigenvalue weighted by molar-refractivity contribution is 0.623. The zero-order valence-electron chi connectivity index (χ0n) is 9.85. The van der Waals surface area contributed by atoms with Crippen molar-refractivity contribution < 1.29 is 8.81 Å².